The highest BCUT2D eigenvalue weighted by atomic mass is 32.1. The Morgan fingerprint density at radius 1 is 1.44 bits per heavy atom. The van der Waals surface area contributed by atoms with Crippen molar-refractivity contribution in [2.45, 2.75) is 20.1 Å². The minimum atomic E-state index is 0.0753. The molecule has 1 aromatic heterocycles. The number of aliphatic hydroxyl groups is 1. The number of aromatic nitrogens is 1. The monoisotopic (exact) mass is 234 g/mol. The number of hydrogen-bond acceptors (Lipinski definition) is 4. The quantitative estimate of drug-likeness (QED) is 0.854. The van der Waals surface area contributed by atoms with E-state index in [0.717, 1.165) is 28.5 Å². The molecule has 0 fully saturated rings. The van der Waals surface area contributed by atoms with Gasteiger partial charge < -0.3 is 10.4 Å². The Morgan fingerprint density at radius 3 is 3.00 bits per heavy atom. The number of aliphatic hydroxyl groups excluding tert-OH is 1. The molecule has 0 spiro atoms. The van der Waals surface area contributed by atoms with Gasteiger partial charge in [0.1, 0.15) is 5.01 Å². The van der Waals surface area contributed by atoms with Crippen molar-refractivity contribution in [3.63, 3.8) is 0 Å². The van der Waals surface area contributed by atoms with Gasteiger partial charge in [-0.15, -0.1) is 11.3 Å². The Labute approximate surface area is 98.8 Å². The molecule has 0 bridgehead atoms. The topological polar surface area (TPSA) is 45.1 Å². The molecule has 1 heterocycles. The van der Waals surface area contributed by atoms with Crippen molar-refractivity contribution < 1.29 is 5.11 Å². The first kappa shape index (κ1) is 11.1. The maximum Gasteiger partial charge on any atom is 0.112 e. The normalized spacial score (nSPS) is 10.4. The summed E-state index contributed by atoms with van der Waals surface area (Å²) in [5, 5.41) is 15.4. The van der Waals surface area contributed by atoms with E-state index in [-0.39, 0.29) is 6.61 Å². The smallest absolute Gasteiger partial charge is 0.112 e. The van der Waals surface area contributed by atoms with E-state index < -0.39 is 0 Å². The number of thiazole rings is 1. The van der Waals surface area contributed by atoms with Crippen molar-refractivity contribution in [1.82, 2.24) is 4.98 Å². The third-order valence-electron chi connectivity index (χ3n) is 2.22. The van der Waals surface area contributed by atoms with Crippen LogP contribution in [-0.2, 0) is 13.2 Å². The molecule has 0 aliphatic carbocycles. The van der Waals surface area contributed by atoms with Crippen molar-refractivity contribution in [1.29, 1.82) is 0 Å². The number of rotatable bonds is 4. The van der Waals surface area contributed by atoms with Gasteiger partial charge in [0.15, 0.2) is 0 Å². The van der Waals surface area contributed by atoms with E-state index in [2.05, 4.69) is 10.3 Å². The first-order valence-corrected chi connectivity index (χ1v) is 6.00. The SMILES string of the molecule is Cc1csc(CNc2cccc(CO)c2)n1. The second kappa shape index (κ2) is 5.09. The number of hydrogen-bond donors (Lipinski definition) is 2. The lowest BCUT2D eigenvalue weighted by Gasteiger charge is -2.05. The molecule has 0 unspecified atom stereocenters. The molecule has 2 rings (SSSR count). The van der Waals surface area contributed by atoms with Crippen LogP contribution in [0.4, 0.5) is 5.69 Å². The zero-order valence-corrected chi connectivity index (χ0v) is 9.92. The maximum absolute atomic E-state index is 9.01. The highest BCUT2D eigenvalue weighted by molar-refractivity contribution is 7.09. The zero-order valence-electron chi connectivity index (χ0n) is 9.10. The molecule has 84 valence electrons. The van der Waals surface area contributed by atoms with E-state index in [1.165, 1.54) is 0 Å². The molecule has 0 radical (unpaired) electrons. The van der Waals surface area contributed by atoms with Gasteiger partial charge >= 0.3 is 0 Å². The second-order valence-electron chi connectivity index (χ2n) is 3.59. The first-order chi connectivity index (χ1) is 7.78. The van der Waals surface area contributed by atoms with Crippen LogP contribution in [0.5, 0.6) is 0 Å². The summed E-state index contributed by atoms with van der Waals surface area (Å²) in [6.45, 7) is 2.80. The summed E-state index contributed by atoms with van der Waals surface area (Å²) in [4.78, 5) is 4.37. The number of nitrogens with zero attached hydrogens (tertiary/aromatic N) is 1. The van der Waals surface area contributed by atoms with E-state index in [1.54, 1.807) is 11.3 Å². The van der Waals surface area contributed by atoms with Crippen LogP contribution >= 0.6 is 11.3 Å². The first-order valence-electron chi connectivity index (χ1n) is 5.12. The Kier molecular flexibility index (Phi) is 3.54. The summed E-state index contributed by atoms with van der Waals surface area (Å²) in [6, 6.07) is 7.76. The fraction of sp³-hybridized carbons (Fsp3) is 0.250. The lowest BCUT2D eigenvalue weighted by molar-refractivity contribution is 0.282. The lowest BCUT2D eigenvalue weighted by Crippen LogP contribution is -1.99. The Balaban J connectivity index is 1.99. The van der Waals surface area contributed by atoms with Crippen LogP contribution in [0.2, 0.25) is 0 Å². The van der Waals surface area contributed by atoms with Crippen molar-refractivity contribution >= 4 is 17.0 Å². The summed E-state index contributed by atoms with van der Waals surface area (Å²) < 4.78 is 0. The molecule has 3 nitrogen and oxygen atoms in total. The summed E-state index contributed by atoms with van der Waals surface area (Å²) in [6.07, 6.45) is 0. The fourth-order valence-electron chi connectivity index (χ4n) is 1.44. The molecule has 2 aromatic rings. The molecule has 4 heteroatoms. The highest BCUT2D eigenvalue weighted by Crippen LogP contribution is 2.14. The van der Waals surface area contributed by atoms with Gasteiger partial charge in [0.25, 0.3) is 0 Å². The van der Waals surface area contributed by atoms with E-state index in [9.17, 15) is 0 Å². The third-order valence-corrected chi connectivity index (χ3v) is 3.19. The summed E-state index contributed by atoms with van der Waals surface area (Å²) in [7, 11) is 0. The molecule has 0 saturated heterocycles. The molecule has 0 amide bonds. The molecule has 0 aliphatic rings. The summed E-state index contributed by atoms with van der Waals surface area (Å²) in [5.41, 5.74) is 2.99. The Bertz CT molecular complexity index is 468. The van der Waals surface area contributed by atoms with Crippen molar-refractivity contribution in [3.8, 4) is 0 Å². The van der Waals surface area contributed by atoms with Crippen LogP contribution in [0.25, 0.3) is 0 Å². The van der Waals surface area contributed by atoms with Crippen molar-refractivity contribution in [3.05, 3.63) is 45.9 Å². The predicted octanol–water partition coefficient (Wildman–Crippen LogP) is 2.56. The van der Waals surface area contributed by atoms with Crippen LogP contribution in [-0.4, -0.2) is 10.1 Å². The van der Waals surface area contributed by atoms with E-state index in [0.29, 0.717) is 0 Å². The van der Waals surface area contributed by atoms with Crippen LogP contribution in [0.15, 0.2) is 29.6 Å². The van der Waals surface area contributed by atoms with Crippen LogP contribution < -0.4 is 5.32 Å². The molecule has 16 heavy (non-hydrogen) atoms. The van der Waals surface area contributed by atoms with Gasteiger partial charge in [-0.2, -0.15) is 0 Å². The van der Waals surface area contributed by atoms with Gasteiger partial charge in [-0.05, 0) is 24.6 Å². The number of aryl methyl sites for hydroxylation is 1. The summed E-state index contributed by atoms with van der Waals surface area (Å²) in [5.74, 6) is 0. The minimum absolute atomic E-state index is 0.0753. The summed E-state index contributed by atoms with van der Waals surface area (Å²) >= 11 is 1.66. The average molecular weight is 234 g/mol. The highest BCUT2D eigenvalue weighted by Gasteiger charge is 1.99. The van der Waals surface area contributed by atoms with Crippen LogP contribution in [0.1, 0.15) is 16.3 Å². The fourth-order valence-corrected chi connectivity index (χ4v) is 2.15. The maximum atomic E-state index is 9.01. The van der Waals surface area contributed by atoms with Gasteiger partial charge in [0.2, 0.25) is 0 Å². The molecular weight excluding hydrogens is 220 g/mol. The van der Waals surface area contributed by atoms with Crippen LogP contribution in [0, 0.1) is 6.92 Å². The zero-order chi connectivity index (χ0) is 11.4. The van der Waals surface area contributed by atoms with Crippen LogP contribution in [0.3, 0.4) is 0 Å². The molecule has 2 N–H and O–H groups in total. The predicted molar refractivity (Wildman–Crippen MR) is 66.5 cm³/mol. The second-order valence-corrected chi connectivity index (χ2v) is 4.54. The van der Waals surface area contributed by atoms with Gasteiger partial charge in [0.05, 0.1) is 13.2 Å². The number of anilines is 1. The molecular formula is C12H14N2OS. The molecule has 0 atom stereocenters. The number of benzene rings is 1. The third kappa shape index (κ3) is 2.81. The van der Waals surface area contributed by atoms with Gasteiger partial charge in [0, 0.05) is 16.8 Å². The number of nitrogens with one attached hydrogen (secondary N) is 1. The largest absolute Gasteiger partial charge is 0.392 e. The van der Waals surface area contributed by atoms with E-state index in [4.69, 9.17) is 5.11 Å². The van der Waals surface area contributed by atoms with E-state index >= 15 is 0 Å². The van der Waals surface area contributed by atoms with Crippen molar-refractivity contribution in [2.24, 2.45) is 0 Å². The molecule has 1 aromatic carbocycles. The van der Waals surface area contributed by atoms with E-state index in [1.807, 2.05) is 36.6 Å². The standard InChI is InChI=1S/C12H14N2OS/c1-9-8-16-12(14-9)6-13-11-4-2-3-10(5-11)7-15/h2-5,8,13,15H,6-7H2,1H3. The lowest BCUT2D eigenvalue weighted by atomic mass is 10.2. The average Bonchev–Trinajstić information content (AvgIpc) is 2.73. The minimum Gasteiger partial charge on any atom is -0.392 e. The van der Waals surface area contributed by atoms with Crippen molar-refractivity contribution in [2.75, 3.05) is 5.32 Å². The Hall–Kier alpha value is -1.39. The Morgan fingerprint density at radius 2 is 2.31 bits per heavy atom. The van der Waals surface area contributed by atoms with Gasteiger partial charge in [-0.25, -0.2) is 4.98 Å². The molecule has 0 aliphatic heterocycles. The van der Waals surface area contributed by atoms with Gasteiger partial charge in [-0.3, -0.25) is 0 Å². The van der Waals surface area contributed by atoms with Gasteiger partial charge in [-0.1, -0.05) is 12.1 Å². The molecule has 0 saturated carbocycles.